The predicted molar refractivity (Wildman–Crippen MR) is 105 cm³/mol. The van der Waals surface area contributed by atoms with Crippen LogP contribution in [0.15, 0.2) is 50.4 Å². The van der Waals surface area contributed by atoms with Gasteiger partial charge in [-0.2, -0.15) is 0 Å². The largest absolute Gasteiger partial charge is 0.459 e. The molecule has 7 nitrogen and oxygen atoms in total. The maximum Gasteiger partial charge on any atom is 0.233 e. The van der Waals surface area contributed by atoms with E-state index in [-0.39, 0.29) is 5.91 Å². The number of nitrogens with zero attached hydrogens (tertiary/aromatic N) is 5. The SMILES string of the molecule is CN(Cc1ccc(-c2ccc(Br)cc2)o1)C(=O)CSc1nnnn1C1CC1. The number of furan rings is 1. The number of tetrazole rings is 1. The molecule has 0 saturated heterocycles. The van der Waals surface area contributed by atoms with Crippen LogP contribution in [-0.4, -0.2) is 43.8 Å². The van der Waals surface area contributed by atoms with Crippen molar-refractivity contribution < 1.29 is 9.21 Å². The third-order valence-corrected chi connectivity index (χ3v) is 5.74. The van der Waals surface area contributed by atoms with E-state index in [1.165, 1.54) is 11.8 Å². The van der Waals surface area contributed by atoms with Gasteiger partial charge in [0.05, 0.1) is 18.3 Å². The Balaban J connectivity index is 1.33. The number of amides is 1. The second-order valence-electron chi connectivity index (χ2n) is 6.45. The van der Waals surface area contributed by atoms with Gasteiger partial charge in [0.1, 0.15) is 11.5 Å². The molecule has 2 aromatic heterocycles. The molecule has 3 aromatic rings. The van der Waals surface area contributed by atoms with Crippen molar-refractivity contribution >= 4 is 33.6 Å². The molecule has 9 heteroatoms. The highest BCUT2D eigenvalue weighted by atomic mass is 79.9. The molecule has 27 heavy (non-hydrogen) atoms. The number of carbonyl (C=O) groups is 1. The van der Waals surface area contributed by atoms with E-state index in [9.17, 15) is 4.79 Å². The van der Waals surface area contributed by atoms with Crippen LogP contribution in [0, 0.1) is 0 Å². The highest BCUT2D eigenvalue weighted by molar-refractivity contribution is 9.10. The predicted octanol–water partition coefficient (Wildman–Crippen LogP) is 3.78. The van der Waals surface area contributed by atoms with Gasteiger partial charge in [0.25, 0.3) is 0 Å². The van der Waals surface area contributed by atoms with Crippen LogP contribution in [0.4, 0.5) is 0 Å². The van der Waals surface area contributed by atoms with E-state index in [0.29, 0.717) is 23.5 Å². The lowest BCUT2D eigenvalue weighted by molar-refractivity contribution is -0.127. The number of aromatic nitrogens is 4. The third-order valence-electron chi connectivity index (χ3n) is 4.29. The Bertz CT molecular complexity index is 935. The number of carbonyl (C=O) groups excluding carboxylic acids is 1. The van der Waals surface area contributed by atoms with E-state index in [1.54, 1.807) is 11.9 Å². The maximum atomic E-state index is 12.4. The fourth-order valence-electron chi connectivity index (χ4n) is 2.62. The third kappa shape index (κ3) is 4.41. The summed E-state index contributed by atoms with van der Waals surface area (Å²) in [7, 11) is 1.77. The Kier molecular flexibility index (Phi) is 5.31. The van der Waals surface area contributed by atoms with Crippen LogP contribution in [-0.2, 0) is 11.3 Å². The number of halogens is 1. The van der Waals surface area contributed by atoms with Gasteiger partial charge in [0, 0.05) is 17.1 Å². The number of thioether (sulfide) groups is 1. The lowest BCUT2D eigenvalue weighted by Gasteiger charge is -2.15. The Morgan fingerprint density at radius 3 is 2.81 bits per heavy atom. The molecule has 0 atom stereocenters. The van der Waals surface area contributed by atoms with Gasteiger partial charge < -0.3 is 9.32 Å². The molecule has 1 amide bonds. The smallest absolute Gasteiger partial charge is 0.233 e. The van der Waals surface area contributed by atoms with Crippen molar-refractivity contribution in [1.29, 1.82) is 0 Å². The van der Waals surface area contributed by atoms with Crippen molar-refractivity contribution in [2.75, 3.05) is 12.8 Å². The first-order valence-electron chi connectivity index (χ1n) is 8.59. The van der Waals surface area contributed by atoms with Crippen molar-refractivity contribution in [3.63, 3.8) is 0 Å². The van der Waals surface area contributed by atoms with Crippen LogP contribution in [0.2, 0.25) is 0 Å². The minimum absolute atomic E-state index is 0.00642. The van der Waals surface area contributed by atoms with Gasteiger partial charge >= 0.3 is 0 Å². The first-order valence-corrected chi connectivity index (χ1v) is 10.4. The van der Waals surface area contributed by atoms with Gasteiger partial charge in [-0.3, -0.25) is 4.79 Å². The van der Waals surface area contributed by atoms with Crippen molar-refractivity contribution in [3.8, 4) is 11.3 Å². The molecule has 4 rings (SSSR count). The topological polar surface area (TPSA) is 77.1 Å². The summed E-state index contributed by atoms with van der Waals surface area (Å²) in [6.07, 6.45) is 2.21. The Morgan fingerprint density at radius 2 is 2.07 bits per heavy atom. The molecule has 1 aliphatic carbocycles. The van der Waals surface area contributed by atoms with Crippen molar-refractivity contribution in [2.24, 2.45) is 0 Å². The summed E-state index contributed by atoms with van der Waals surface area (Å²) in [6.45, 7) is 0.420. The Morgan fingerprint density at radius 1 is 1.30 bits per heavy atom. The molecule has 2 heterocycles. The first kappa shape index (κ1) is 18.2. The van der Waals surface area contributed by atoms with E-state index in [1.807, 2.05) is 41.1 Å². The van der Waals surface area contributed by atoms with Crippen LogP contribution in [0.1, 0.15) is 24.6 Å². The molecule has 0 spiro atoms. The average molecular weight is 448 g/mol. The molecule has 1 fully saturated rings. The first-order chi connectivity index (χ1) is 13.1. The molecular formula is C18H18BrN5O2S. The van der Waals surface area contributed by atoms with E-state index < -0.39 is 0 Å². The number of rotatable bonds is 7. The molecule has 0 N–H and O–H groups in total. The molecule has 0 aliphatic heterocycles. The summed E-state index contributed by atoms with van der Waals surface area (Å²) < 4.78 is 8.72. The highest BCUT2D eigenvalue weighted by Gasteiger charge is 2.28. The average Bonchev–Trinajstić information content (AvgIpc) is 3.22. The number of hydrogen-bond donors (Lipinski definition) is 0. The summed E-state index contributed by atoms with van der Waals surface area (Å²) >= 11 is 4.80. The molecule has 1 saturated carbocycles. The van der Waals surface area contributed by atoms with Gasteiger partial charge in [0.15, 0.2) is 0 Å². The fourth-order valence-corrected chi connectivity index (χ4v) is 3.77. The van der Waals surface area contributed by atoms with E-state index in [0.717, 1.165) is 34.4 Å². The minimum atomic E-state index is 0.00642. The van der Waals surface area contributed by atoms with Crippen LogP contribution in [0.3, 0.4) is 0 Å². The van der Waals surface area contributed by atoms with Crippen LogP contribution < -0.4 is 0 Å². The Labute approximate surface area is 169 Å². The molecule has 0 radical (unpaired) electrons. The van der Waals surface area contributed by atoms with Crippen molar-refractivity contribution in [3.05, 3.63) is 46.6 Å². The standard InChI is InChI=1S/C18H18BrN5O2S/c1-23(17(25)11-27-18-20-21-22-24(18)14-6-7-14)10-15-8-9-16(26-15)12-2-4-13(19)5-3-12/h2-5,8-9,14H,6-7,10-11H2,1H3. The van der Waals surface area contributed by atoms with Gasteiger partial charge in [-0.15, -0.1) is 5.10 Å². The van der Waals surface area contributed by atoms with Crippen LogP contribution in [0.25, 0.3) is 11.3 Å². The van der Waals surface area contributed by atoms with Gasteiger partial charge in [-0.05, 0) is 47.5 Å². The minimum Gasteiger partial charge on any atom is -0.459 e. The Hall–Kier alpha value is -2.13. The van der Waals surface area contributed by atoms with Gasteiger partial charge in [0.2, 0.25) is 11.1 Å². The van der Waals surface area contributed by atoms with Crippen molar-refractivity contribution in [1.82, 2.24) is 25.1 Å². The van der Waals surface area contributed by atoms with E-state index in [2.05, 4.69) is 31.5 Å². The molecule has 140 valence electrons. The summed E-state index contributed by atoms with van der Waals surface area (Å²) in [6, 6.07) is 12.1. The van der Waals surface area contributed by atoms with Crippen molar-refractivity contribution in [2.45, 2.75) is 30.6 Å². The summed E-state index contributed by atoms with van der Waals surface area (Å²) in [5, 5.41) is 12.4. The van der Waals surface area contributed by atoms with Crippen LogP contribution >= 0.6 is 27.7 Å². The monoisotopic (exact) mass is 447 g/mol. The summed E-state index contributed by atoms with van der Waals surface area (Å²) in [4.78, 5) is 14.1. The second kappa shape index (κ2) is 7.85. The molecule has 1 aromatic carbocycles. The molecule has 0 bridgehead atoms. The fraction of sp³-hybridized carbons (Fsp3) is 0.333. The summed E-state index contributed by atoms with van der Waals surface area (Å²) in [5.74, 6) is 1.84. The maximum absolute atomic E-state index is 12.4. The lowest BCUT2D eigenvalue weighted by atomic mass is 10.2. The van der Waals surface area contributed by atoms with Crippen LogP contribution in [0.5, 0.6) is 0 Å². The molecule has 0 unspecified atom stereocenters. The zero-order valence-corrected chi connectivity index (χ0v) is 17.1. The van der Waals surface area contributed by atoms with E-state index >= 15 is 0 Å². The number of benzene rings is 1. The lowest BCUT2D eigenvalue weighted by Crippen LogP contribution is -2.27. The van der Waals surface area contributed by atoms with E-state index in [4.69, 9.17) is 4.42 Å². The van der Waals surface area contributed by atoms with Gasteiger partial charge in [-0.25, -0.2) is 4.68 Å². The molecule has 1 aliphatic rings. The summed E-state index contributed by atoms with van der Waals surface area (Å²) in [5.41, 5.74) is 1.00. The highest BCUT2D eigenvalue weighted by Crippen LogP contribution is 2.36. The number of hydrogen-bond acceptors (Lipinski definition) is 6. The quantitative estimate of drug-likeness (QED) is 0.512. The normalized spacial score (nSPS) is 13.7. The molecular weight excluding hydrogens is 430 g/mol. The zero-order chi connectivity index (χ0) is 18.8. The second-order valence-corrected chi connectivity index (χ2v) is 8.31. The zero-order valence-electron chi connectivity index (χ0n) is 14.7. The van der Waals surface area contributed by atoms with Gasteiger partial charge in [-0.1, -0.05) is 39.8 Å².